The highest BCUT2D eigenvalue weighted by molar-refractivity contribution is 7.15. The third-order valence-electron chi connectivity index (χ3n) is 5.04. The van der Waals surface area contributed by atoms with Crippen LogP contribution in [0.3, 0.4) is 0 Å². The number of hydrogen-bond acceptors (Lipinski definition) is 5. The number of imidazole rings is 1. The number of thiazole rings is 1. The number of fused-ring (bicyclic) bond motifs is 1. The van der Waals surface area contributed by atoms with Gasteiger partial charge in [-0.3, -0.25) is 14.0 Å². The quantitative estimate of drug-likeness (QED) is 0.442. The van der Waals surface area contributed by atoms with Gasteiger partial charge >= 0.3 is 0 Å². The molecule has 0 radical (unpaired) electrons. The Hall–Kier alpha value is -4.04. The number of anilines is 1. The van der Waals surface area contributed by atoms with Crippen LogP contribution in [-0.2, 0) is 11.3 Å². The Labute approximate surface area is 187 Å². The first-order valence-corrected chi connectivity index (χ1v) is 10.9. The maximum Gasteiger partial charge on any atom is 0.267 e. The van der Waals surface area contributed by atoms with Crippen LogP contribution in [0.25, 0.3) is 27.5 Å². The lowest BCUT2D eigenvalue weighted by Gasteiger charge is -2.09. The predicted octanol–water partition coefficient (Wildman–Crippen LogP) is 4.23. The summed E-state index contributed by atoms with van der Waals surface area (Å²) in [7, 11) is 0. The van der Waals surface area contributed by atoms with Crippen molar-refractivity contribution in [1.82, 2.24) is 19.2 Å². The van der Waals surface area contributed by atoms with Gasteiger partial charge in [-0.15, -0.1) is 11.3 Å². The second kappa shape index (κ2) is 8.24. The molecule has 1 N–H and O–H groups in total. The summed E-state index contributed by atoms with van der Waals surface area (Å²) in [6.07, 6.45) is 3.91. The zero-order valence-corrected chi connectivity index (χ0v) is 18.0. The molecule has 0 saturated heterocycles. The maximum atomic E-state index is 12.6. The van der Waals surface area contributed by atoms with Crippen molar-refractivity contribution in [2.45, 2.75) is 13.5 Å². The molecule has 0 aliphatic rings. The Kier molecular flexibility index (Phi) is 5.12. The van der Waals surface area contributed by atoms with Crippen LogP contribution in [0.1, 0.15) is 5.56 Å². The molecule has 2 aromatic carbocycles. The van der Waals surface area contributed by atoms with Crippen LogP contribution in [0, 0.1) is 6.92 Å². The summed E-state index contributed by atoms with van der Waals surface area (Å²) in [5, 5.41) is 9.20. The zero-order chi connectivity index (χ0) is 22.1. The Morgan fingerprint density at radius 1 is 1.03 bits per heavy atom. The minimum atomic E-state index is -0.331. The zero-order valence-electron chi connectivity index (χ0n) is 17.2. The number of aromatic nitrogens is 4. The van der Waals surface area contributed by atoms with Gasteiger partial charge in [0.2, 0.25) is 5.91 Å². The lowest BCUT2D eigenvalue weighted by Crippen LogP contribution is -2.29. The van der Waals surface area contributed by atoms with Crippen molar-refractivity contribution >= 4 is 27.9 Å². The summed E-state index contributed by atoms with van der Waals surface area (Å²) in [4.78, 5) is 30.4. The first-order valence-electron chi connectivity index (χ1n) is 10.0. The monoisotopic (exact) mass is 441 g/mol. The van der Waals surface area contributed by atoms with Crippen molar-refractivity contribution in [3.8, 4) is 22.5 Å². The smallest absolute Gasteiger partial charge is 0.267 e. The molecule has 0 saturated carbocycles. The number of carbonyl (C=O) groups excluding carboxylic acids is 1. The third kappa shape index (κ3) is 4.08. The third-order valence-corrected chi connectivity index (χ3v) is 5.81. The Bertz CT molecular complexity index is 1450. The molecule has 5 aromatic rings. The van der Waals surface area contributed by atoms with E-state index in [2.05, 4.69) is 15.4 Å². The van der Waals surface area contributed by atoms with Crippen molar-refractivity contribution in [2.24, 2.45) is 0 Å². The molecule has 5 rings (SSSR count). The molecule has 158 valence electrons. The number of nitrogens with zero attached hydrogens (tertiary/aromatic N) is 4. The molecule has 0 unspecified atom stereocenters. The largest absolute Gasteiger partial charge is 0.324 e. The normalized spacial score (nSPS) is 11.0. The fourth-order valence-corrected chi connectivity index (χ4v) is 4.10. The molecule has 0 aliphatic heterocycles. The van der Waals surface area contributed by atoms with Gasteiger partial charge < -0.3 is 5.32 Å². The SMILES string of the molecule is Cc1ccc(-c2ccc(=O)n(CC(=O)Nc3cccc(-c4cn5ccsc5n4)c3)n2)cc1. The molecule has 1 amide bonds. The molecule has 3 aromatic heterocycles. The predicted molar refractivity (Wildman–Crippen MR) is 126 cm³/mol. The van der Waals surface area contributed by atoms with Gasteiger partial charge in [0.15, 0.2) is 4.96 Å². The number of carbonyl (C=O) groups is 1. The first kappa shape index (κ1) is 19.9. The van der Waals surface area contributed by atoms with E-state index < -0.39 is 0 Å². The second-order valence-electron chi connectivity index (χ2n) is 7.43. The molecule has 7 nitrogen and oxygen atoms in total. The number of rotatable bonds is 5. The average molecular weight is 442 g/mol. The Morgan fingerprint density at radius 2 is 1.88 bits per heavy atom. The van der Waals surface area contributed by atoms with E-state index in [1.165, 1.54) is 10.7 Å². The van der Waals surface area contributed by atoms with E-state index >= 15 is 0 Å². The second-order valence-corrected chi connectivity index (χ2v) is 8.30. The van der Waals surface area contributed by atoms with Gasteiger partial charge in [-0.05, 0) is 25.1 Å². The van der Waals surface area contributed by atoms with Crippen molar-refractivity contribution in [3.63, 3.8) is 0 Å². The topological polar surface area (TPSA) is 81.3 Å². The van der Waals surface area contributed by atoms with E-state index in [1.54, 1.807) is 23.5 Å². The van der Waals surface area contributed by atoms with Crippen LogP contribution < -0.4 is 10.9 Å². The standard InChI is InChI=1S/C24H19N5O2S/c1-16-5-7-17(8-6-16)20-9-10-23(31)29(27-20)15-22(30)25-19-4-2-3-18(13-19)21-14-28-11-12-32-24(28)26-21/h2-14H,15H2,1H3,(H,25,30). The summed E-state index contributed by atoms with van der Waals surface area (Å²) in [5.41, 5.74) is 4.69. The molecular formula is C24H19N5O2S. The highest BCUT2D eigenvalue weighted by atomic mass is 32.1. The number of benzene rings is 2. The summed E-state index contributed by atoms with van der Waals surface area (Å²) in [6.45, 7) is 1.83. The summed E-state index contributed by atoms with van der Waals surface area (Å²) < 4.78 is 3.14. The van der Waals surface area contributed by atoms with E-state index in [1.807, 2.05) is 71.6 Å². The molecular weight excluding hydrogens is 422 g/mol. The van der Waals surface area contributed by atoms with Crippen molar-refractivity contribution in [1.29, 1.82) is 0 Å². The van der Waals surface area contributed by atoms with Crippen molar-refractivity contribution in [2.75, 3.05) is 5.32 Å². The Morgan fingerprint density at radius 3 is 2.69 bits per heavy atom. The first-order chi connectivity index (χ1) is 15.5. The summed E-state index contributed by atoms with van der Waals surface area (Å²) >= 11 is 1.56. The van der Waals surface area contributed by atoms with E-state index in [-0.39, 0.29) is 18.0 Å². The minimum absolute atomic E-state index is 0.178. The van der Waals surface area contributed by atoms with Gasteiger partial charge in [0.1, 0.15) is 6.54 Å². The number of nitrogens with one attached hydrogen (secondary N) is 1. The van der Waals surface area contributed by atoms with Gasteiger partial charge in [-0.2, -0.15) is 5.10 Å². The van der Waals surface area contributed by atoms with Gasteiger partial charge in [0.25, 0.3) is 5.56 Å². The van der Waals surface area contributed by atoms with Gasteiger partial charge in [-0.1, -0.05) is 42.0 Å². The number of hydrogen-bond donors (Lipinski definition) is 1. The summed E-state index contributed by atoms with van der Waals surface area (Å²) in [6, 6.07) is 18.4. The van der Waals surface area contributed by atoms with E-state index in [4.69, 9.17) is 0 Å². The number of amides is 1. The van der Waals surface area contributed by atoms with Crippen LogP contribution in [-0.4, -0.2) is 25.1 Å². The highest BCUT2D eigenvalue weighted by Gasteiger charge is 2.10. The van der Waals surface area contributed by atoms with Crippen molar-refractivity contribution < 1.29 is 4.79 Å². The highest BCUT2D eigenvalue weighted by Crippen LogP contribution is 2.24. The van der Waals surface area contributed by atoms with E-state index in [0.717, 1.165) is 27.3 Å². The van der Waals surface area contributed by atoms with Crippen LogP contribution in [0.4, 0.5) is 5.69 Å². The fraction of sp³-hybridized carbons (Fsp3) is 0.0833. The van der Waals surface area contributed by atoms with Crippen LogP contribution in [0.5, 0.6) is 0 Å². The summed E-state index contributed by atoms with van der Waals surface area (Å²) in [5.74, 6) is -0.330. The molecule has 3 heterocycles. The lowest BCUT2D eigenvalue weighted by atomic mass is 10.1. The van der Waals surface area contributed by atoms with Gasteiger partial charge in [0, 0.05) is 40.7 Å². The van der Waals surface area contributed by atoms with Gasteiger partial charge in [-0.25, -0.2) is 9.67 Å². The molecule has 0 aliphatic carbocycles. The molecule has 0 bridgehead atoms. The van der Waals surface area contributed by atoms with Crippen LogP contribution in [0.15, 0.2) is 83.2 Å². The maximum absolute atomic E-state index is 12.6. The van der Waals surface area contributed by atoms with Crippen LogP contribution in [0.2, 0.25) is 0 Å². The Balaban J connectivity index is 1.34. The molecule has 0 fully saturated rings. The molecule has 32 heavy (non-hydrogen) atoms. The van der Waals surface area contributed by atoms with E-state index in [0.29, 0.717) is 11.4 Å². The number of aryl methyl sites for hydroxylation is 1. The van der Waals surface area contributed by atoms with Crippen molar-refractivity contribution in [3.05, 3.63) is 94.4 Å². The average Bonchev–Trinajstić information content (AvgIpc) is 3.39. The lowest BCUT2D eigenvalue weighted by molar-refractivity contribution is -0.117. The molecule has 0 spiro atoms. The minimum Gasteiger partial charge on any atom is -0.324 e. The fourth-order valence-electron chi connectivity index (χ4n) is 3.40. The van der Waals surface area contributed by atoms with Gasteiger partial charge in [0.05, 0.1) is 11.4 Å². The molecule has 0 atom stereocenters. The van der Waals surface area contributed by atoms with Crippen LogP contribution >= 0.6 is 11.3 Å². The molecule has 8 heteroatoms. The van der Waals surface area contributed by atoms with E-state index in [9.17, 15) is 9.59 Å².